The Labute approximate surface area is 187 Å². The largest absolute Gasteiger partial charge is 0.452 e. The first kappa shape index (κ1) is 23.0. The van der Waals surface area contributed by atoms with E-state index < -0.39 is 28.5 Å². The van der Waals surface area contributed by atoms with E-state index in [2.05, 4.69) is 5.32 Å². The standard InChI is InChI=1S/C24H24N2O5S/c1-3-18-10-7-8-15-22(18)25-23(27)17-31-24(28)19-11-9-14-21(16-19)32(29,30)26(2)20-12-5-4-6-13-20/h4-16H,3,17H2,1-2H3,(H,25,27). The molecule has 0 aromatic heterocycles. The predicted molar refractivity (Wildman–Crippen MR) is 123 cm³/mol. The molecule has 0 unspecified atom stereocenters. The van der Waals surface area contributed by atoms with Gasteiger partial charge >= 0.3 is 5.97 Å². The third kappa shape index (κ3) is 5.33. The van der Waals surface area contributed by atoms with Gasteiger partial charge in [-0.15, -0.1) is 0 Å². The summed E-state index contributed by atoms with van der Waals surface area (Å²) < 4.78 is 32.1. The number of amides is 1. The lowest BCUT2D eigenvalue weighted by atomic mass is 10.1. The molecular formula is C24H24N2O5S. The van der Waals surface area contributed by atoms with Crippen LogP contribution in [0.3, 0.4) is 0 Å². The Bertz CT molecular complexity index is 1210. The highest BCUT2D eigenvalue weighted by Crippen LogP contribution is 2.22. The Kier molecular flexibility index (Phi) is 7.27. The molecule has 3 rings (SSSR count). The summed E-state index contributed by atoms with van der Waals surface area (Å²) in [6.45, 7) is 1.49. The van der Waals surface area contributed by atoms with Gasteiger partial charge in [0.2, 0.25) is 0 Å². The second kappa shape index (κ2) is 10.1. The highest BCUT2D eigenvalue weighted by atomic mass is 32.2. The Balaban J connectivity index is 1.68. The Hall–Kier alpha value is -3.65. The van der Waals surface area contributed by atoms with Crippen molar-refractivity contribution in [2.75, 3.05) is 23.3 Å². The minimum absolute atomic E-state index is 0.0364. The summed E-state index contributed by atoms with van der Waals surface area (Å²) in [4.78, 5) is 24.6. The topological polar surface area (TPSA) is 92.8 Å². The van der Waals surface area contributed by atoms with Crippen LogP contribution in [0.2, 0.25) is 0 Å². The van der Waals surface area contributed by atoms with Crippen molar-refractivity contribution in [3.63, 3.8) is 0 Å². The lowest BCUT2D eigenvalue weighted by Gasteiger charge is -2.19. The molecule has 0 saturated carbocycles. The zero-order valence-corrected chi connectivity index (χ0v) is 18.6. The van der Waals surface area contributed by atoms with Crippen LogP contribution in [0.1, 0.15) is 22.8 Å². The van der Waals surface area contributed by atoms with Crippen LogP contribution in [0.25, 0.3) is 0 Å². The molecule has 0 bridgehead atoms. The maximum Gasteiger partial charge on any atom is 0.338 e. The number of nitrogens with zero attached hydrogens (tertiary/aromatic N) is 1. The van der Waals surface area contributed by atoms with Crippen LogP contribution >= 0.6 is 0 Å². The number of anilines is 2. The van der Waals surface area contributed by atoms with E-state index in [1.165, 1.54) is 31.3 Å². The van der Waals surface area contributed by atoms with E-state index in [9.17, 15) is 18.0 Å². The summed E-state index contributed by atoms with van der Waals surface area (Å²) in [5, 5.41) is 2.72. The highest BCUT2D eigenvalue weighted by molar-refractivity contribution is 7.92. The summed E-state index contributed by atoms with van der Waals surface area (Å²) in [5.74, 6) is -1.27. The van der Waals surface area contributed by atoms with Gasteiger partial charge in [-0.3, -0.25) is 9.10 Å². The molecule has 1 N–H and O–H groups in total. The molecule has 0 radical (unpaired) electrons. The molecule has 0 fully saturated rings. The predicted octanol–water partition coefficient (Wildman–Crippen LogP) is 3.87. The van der Waals surface area contributed by atoms with Gasteiger partial charge in [-0.05, 0) is 48.4 Å². The smallest absolute Gasteiger partial charge is 0.338 e. The van der Waals surface area contributed by atoms with Crippen LogP contribution < -0.4 is 9.62 Å². The number of carbonyl (C=O) groups is 2. The second-order valence-electron chi connectivity index (χ2n) is 6.97. The van der Waals surface area contributed by atoms with Gasteiger partial charge < -0.3 is 10.1 Å². The van der Waals surface area contributed by atoms with Gasteiger partial charge in [-0.1, -0.05) is 49.4 Å². The number of rotatable bonds is 8. The number of hydrogen-bond donors (Lipinski definition) is 1. The fourth-order valence-electron chi connectivity index (χ4n) is 3.07. The molecule has 166 valence electrons. The Morgan fingerprint density at radius 3 is 2.34 bits per heavy atom. The fraction of sp³-hybridized carbons (Fsp3) is 0.167. The Morgan fingerprint density at radius 1 is 0.938 bits per heavy atom. The number of hydrogen-bond acceptors (Lipinski definition) is 5. The molecule has 0 atom stereocenters. The highest BCUT2D eigenvalue weighted by Gasteiger charge is 2.23. The maximum atomic E-state index is 12.9. The maximum absolute atomic E-state index is 12.9. The molecule has 0 aliphatic heterocycles. The van der Waals surface area contributed by atoms with Crippen LogP contribution in [0.15, 0.2) is 83.8 Å². The van der Waals surface area contributed by atoms with E-state index in [1.807, 2.05) is 19.1 Å². The van der Waals surface area contributed by atoms with Crippen molar-refractivity contribution in [2.45, 2.75) is 18.2 Å². The van der Waals surface area contributed by atoms with E-state index in [0.717, 1.165) is 16.3 Å². The van der Waals surface area contributed by atoms with E-state index in [-0.39, 0.29) is 10.5 Å². The van der Waals surface area contributed by atoms with Gasteiger partial charge in [-0.2, -0.15) is 0 Å². The molecule has 8 heteroatoms. The molecule has 3 aromatic carbocycles. The number of benzene rings is 3. The summed E-state index contributed by atoms with van der Waals surface area (Å²) in [5.41, 5.74) is 2.15. The number of aryl methyl sites for hydroxylation is 1. The van der Waals surface area contributed by atoms with E-state index in [0.29, 0.717) is 11.4 Å². The van der Waals surface area contributed by atoms with Crippen LogP contribution in [-0.2, 0) is 26.0 Å². The van der Waals surface area contributed by atoms with Crippen molar-refractivity contribution in [2.24, 2.45) is 0 Å². The molecule has 3 aromatic rings. The zero-order valence-electron chi connectivity index (χ0n) is 17.8. The van der Waals surface area contributed by atoms with Crippen molar-refractivity contribution < 1.29 is 22.7 Å². The Morgan fingerprint density at radius 2 is 1.62 bits per heavy atom. The van der Waals surface area contributed by atoms with Gasteiger partial charge in [0.25, 0.3) is 15.9 Å². The number of nitrogens with one attached hydrogen (secondary N) is 1. The van der Waals surface area contributed by atoms with Crippen LogP contribution in [0.4, 0.5) is 11.4 Å². The van der Waals surface area contributed by atoms with Crippen LogP contribution in [0.5, 0.6) is 0 Å². The van der Waals surface area contributed by atoms with E-state index >= 15 is 0 Å². The van der Waals surface area contributed by atoms with Crippen molar-refractivity contribution in [3.8, 4) is 0 Å². The third-order valence-corrected chi connectivity index (χ3v) is 6.64. The van der Waals surface area contributed by atoms with Gasteiger partial charge in [0, 0.05) is 12.7 Å². The third-order valence-electron chi connectivity index (χ3n) is 4.85. The average Bonchev–Trinajstić information content (AvgIpc) is 2.83. The quantitative estimate of drug-likeness (QED) is 0.524. The van der Waals surface area contributed by atoms with Gasteiger partial charge in [0.05, 0.1) is 16.1 Å². The van der Waals surface area contributed by atoms with Gasteiger partial charge in [0.1, 0.15) is 0 Å². The molecule has 0 heterocycles. The number of sulfonamides is 1. The lowest BCUT2D eigenvalue weighted by molar-refractivity contribution is -0.119. The lowest BCUT2D eigenvalue weighted by Crippen LogP contribution is -2.26. The molecule has 0 spiro atoms. The normalized spacial score (nSPS) is 10.9. The second-order valence-corrected chi connectivity index (χ2v) is 8.94. The van der Waals surface area contributed by atoms with Crippen molar-refractivity contribution in [1.29, 1.82) is 0 Å². The SMILES string of the molecule is CCc1ccccc1NC(=O)COC(=O)c1cccc(S(=O)(=O)N(C)c2ccccc2)c1. The molecule has 7 nitrogen and oxygen atoms in total. The minimum atomic E-state index is -3.88. The van der Waals surface area contributed by atoms with E-state index in [4.69, 9.17) is 4.74 Å². The molecule has 0 aliphatic rings. The van der Waals surface area contributed by atoms with Crippen molar-refractivity contribution in [1.82, 2.24) is 0 Å². The van der Waals surface area contributed by atoms with Crippen molar-refractivity contribution >= 4 is 33.3 Å². The van der Waals surface area contributed by atoms with Crippen molar-refractivity contribution in [3.05, 3.63) is 90.0 Å². The van der Waals surface area contributed by atoms with Gasteiger partial charge in [0.15, 0.2) is 6.61 Å². The number of para-hydroxylation sites is 2. The minimum Gasteiger partial charge on any atom is -0.452 e. The van der Waals surface area contributed by atoms with Crippen LogP contribution in [0, 0.1) is 0 Å². The van der Waals surface area contributed by atoms with E-state index in [1.54, 1.807) is 42.5 Å². The molecular weight excluding hydrogens is 428 g/mol. The van der Waals surface area contributed by atoms with Crippen LogP contribution in [-0.4, -0.2) is 33.9 Å². The number of ether oxygens (including phenoxy) is 1. The van der Waals surface area contributed by atoms with Gasteiger partial charge in [-0.25, -0.2) is 13.2 Å². The summed E-state index contributed by atoms with van der Waals surface area (Å²) >= 11 is 0. The summed E-state index contributed by atoms with van der Waals surface area (Å²) in [6.07, 6.45) is 0.745. The zero-order chi connectivity index (χ0) is 23.1. The molecule has 1 amide bonds. The molecule has 32 heavy (non-hydrogen) atoms. The number of carbonyl (C=O) groups excluding carboxylic acids is 2. The summed E-state index contributed by atoms with van der Waals surface area (Å²) in [7, 11) is -2.44. The fourth-order valence-corrected chi connectivity index (χ4v) is 4.31. The first-order chi connectivity index (χ1) is 15.3. The first-order valence-electron chi connectivity index (χ1n) is 10.0. The first-order valence-corrected chi connectivity index (χ1v) is 11.5. The molecule has 0 saturated heterocycles. The summed E-state index contributed by atoms with van der Waals surface area (Å²) in [6, 6.07) is 21.5. The monoisotopic (exact) mass is 452 g/mol. The average molecular weight is 453 g/mol. The molecule has 0 aliphatic carbocycles. The number of esters is 1.